The van der Waals surface area contributed by atoms with E-state index in [1.54, 1.807) is 0 Å². The number of rotatable bonds is 2. The summed E-state index contributed by atoms with van der Waals surface area (Å²) < 4.78 is 40.6. The molecule has 2 aromatic rings. The van der Waals surface area contributed by atoms with Crippen LogP contribution in [-0.2, 0) is 5.41 Å². The van der Waals surface area contributed by atoms with Crippen molar-refractivity contribution in [2.24, 2.45) is 0 Å². The molecule has 5 heteroatoms. The molecule has 1 aliphatic heterocycles. The quantitative estimate of drug-likeness (QED) is 0.802. The van der Waals surface area contributed by atoms with Gasteiger partial charge in [-0.1, -0.05) is 13.8 Å². The van der Waals surface area contributed by atoms with E-state index in [9.17, 15) is 18.0 Å². The number of nitrogens with zero attached hydrogens (tertiary/aromatic N) is 1. The van der Waals surface area contributed by atoms with Gasteiger partial charge < -0.3 is 4.90 Å². The van der Waals surface area contributed by atoms with Gasteiger partial charge in [-0.25, -0.2) is 13.2 Å². The Balaban J connectivity index is 2.07. The van der Waals surface area contributed by atoms with Gasteiger partial charge in [-0.15, -0.1) is 0 Å². The second kappa shape index (κ2) is 5.41. The molecule has 1 heterocycles. The van der Waals surface area contributed by atoms with Gasteiger partial charge in [-0.05, 0) is 42.3 Å². The van der Waals surface area contributed by atoms with Crippen LogP contribution in [0.15, 0.2) is 36.4 Å². The molecule has 0 aromatic heterocycles. The molecular formula is C18H16F3NO. The molecule has 23 heavy (non-hydrogen) atoms. The van der Waals surface area contributed by atoms with E-state index in [2.05, 4.69) is 0 Å². The van der Waals surface area contributed by atoms with Crippen LogP contribution in [0.2, 0.25) is 0 Å². The highest BCUT2D eigenvalue weighted by Gasteiger charge is 2.41. The van der Waals surface area contributed by atoms with Crippen LogP contribution in [0.5, 0.6) is 0 Å². The number of carbonyl (C=O) groups is 1. The molecule has 2 nitrogen and oxygen atoms in total. The number of anilines is 1. The van der Waals surface area contributed by atoms with Crippen molar-refractivity contribution in [1.29, 1.82) is 0 Å². The molecule has 1 unspecified atom stereocenters. The van der Waals surface area contributed by atoms with Gasteiger partial charge in [0.15, 0.2) is 0 Å². The van der Waals surface area contributed by atoms with Crippen LogP contribution in [0.25, 0.3) is 0 Å². The first-order valence-electron chi connectivity index (χ1n) is 7.42. The minimum absolute atomic E-state index is 0.193. The molecule has 0 bridgehead atoms. The summed E-state index contributed by atoms with van der Waals surface area (Å²) in [5.74, 6) is -2.55. The van der Waals surface area contributed by atoms with E-state index >= 15 is 0 Å². The van der Waals surface area contributed by atoms with Crippen LogP contribution >= 0.6 is 0 Å². The molecule has 120 valence electrons. The summed E-state index contributed by atoms with van der Waals surface area (Å²) in [6.07, 6.45) is 0.707. The number of benzene rings is 2. The Morgan fingerprint density at radius 1 is 1.13 bits per heavy atom. The Hall–Kier alpha value is -2.30. The first-order valence-corrected chi connectivity index (χ1v) is 7.42. The van der Waals surface area contributed by atoms with Gasteiger partial charge in [0.05, 0.1) is 5.56 Å². The van der Waals surface area contributed by atoms with Crippen molar-refractivity contribution < 1.29 is 18.0 Å². The zero-order valence-corrected chi connectivity index (χ0v) is 12.9. The van der Waals surface area contributed by atoms with E-state index in [-0.39, 0.29) is 11.4 Å². The minimum Gasteiger partial charge on any atom is -0.307 e. The highest BCUT2D eigenvalue weighted by atomic mass is 19.1. The lowest BCUT2D eigenvalue weighted by atomic mass is 9.82. The first kappa shape index (κ1) is 15.6. The third kappa shape index (κ3) is 2.50. The Labute approximate surface area is 132 Å². The fraction of sp³-hybridized carbons (Fsp3) is 0.278. The lowest BCUT2D eigenvalue weighted by Gasteiger charge is -2.24. The van der Waals surface area contributed by atoms with Crippen LogP contribution in [0.1, 0.15) is 36.2 Å². The average molecular weight is 319 g/mol. The van der Waals surface area contributed by atoms with E-state index in [1.165, 1.54) is 23.1 Å². The van der Waals surface area contributed by atoms with Gasteiger partial charge in [0, 0.05) is 23.7 Å². The van der Waals surface area contributed by atoms with E-state index in [0.717, 1.165) is 17.7 Å². The van der Waals surface area contributed by atoms with Crippen molar-refractivity contribution in [2.45, 2.75) is 25.7 Å². The molecule has 0 saturated carbocycles. The van der Waals surface area contributed by atoms with Crippen molar-refractivity contribution >= 4 is 11.6 Å². The normalized spacial score (nSPS) is 19.8. The third-order valence-electron chi connectivity index (χ3n) is 4.59. The Morgan fingerprint density at radius 2 is 1.78 bits per heavy atom. The number of amides is 1. The van der Waals surface area contributed by atoms with Crippen molar-refractivity contribution in [3.8, 4) is 0 Å². The maximum absolute atomic E-state index is 13.9. The summed E-state index contributed by atoms with van der Waals surface area (Å²) in [5.41, 5.74) is 0.714. The Morgan fingerprint density at radius 3 is 2.43 bits per heavy atom. The molecule has 1 aliphatic rings. The predicted molar refractivity (Wildman–Crippen MR) is 82.1 cm³/mol. The van der Waals surface area contributed by atoms with Gasteiger partial charge in [0.2, 0.25) is 0 Å². The zero-order valence-electron chi connectivity index (χ0n) is 12.9. The van der Waals surface area contributed by atoms with Crippen LogP contribution < -0.4 is 4.90 Å². The van der Waals surface area contributed by atoms with Crippen molar-refractivity contribution in [1.82, 2.24) is 0 Å². The summed E-state index contributed by atoms with van der Waals surface area (Å²) in [5, 5.41) is 0. The first-order chi connectivity index (χ1) is 10.9. The minimum atomic E-state index is -0.899. The van der Waals surface area contributed by atoms with Crippen molar-refractivity contribution in [3.05, 3.63) is 65.0 Å². The summed E-state index contributed by atoms with van der Waals surface area (Å²) >= 11 is 0. The molecule has 0 saturated heterocycles. The third-order valence-corrected chi connectivity index (χ3v) is 4.59. The number of hydrogen-bond acceptors (Lipinski definition) is 1. The van der Waals surface area contributed by atoms with Crippen molar-refractivity contribution in [3.63, 3.8) is 0 Å². The number of hydrogen-bond donors (Lipinski definition) is 0. The van der Waals surface area contributed by atoms with Gasteiger partial charge in [-0.2, -0.15) is 0 Å². The molecule has 0 radical (unpaired) electrons. The number of carbonyl (C=O) groups excluding carboxylic acids is 1. The summed E-state index contributed by atoms with van der Waals surface area (Å²) in [6.45, 7) is 4.23. The standard InChI is InChI=1S/C18H16F3NO/c1-3-18(2)10-22(16-7-5-11(19)8-14(16)18)17(23)13-6-4-12(20)9-15(13)21/h4-9H,3,10H2,1-2H3. The van der Waals surface area contributed by atoms with Gasteiger partial charge in [-0.3, -0.25) is 4.79 Å². The molecule has 0 aliphatic carbocycles. The van der Waals surface area contributed by atoms with Gasteiger partial charge in [0.1, 0.15) is 17.5 Å². The number of fused-ring (bicyclic) bond motifs is 1. The molecule has 0 fully saturated rings. The Bertz CT molecular complexity index is 790. The molecule has 1 amide bonds. The number of halogens is 3. The fourth-order valence-corrected chi connectivity index (χ4v) is 3.04. The second-order valence-corrected chi connectivity index (χ2v) is 6.09. The van der Waals surface area contributed by atoms with Gasteiger partial charge >= 0.3 is 0 Å². The van der Waals surface area contributed by atoms with Crippen LogP contribution in [0.4, 0.5) is 18.9 Å². The highest BCUT2D eigenvalue weighted by Crippen LogP contribution is 2.43. The fourth-order valence-electron chi connectivity index (χ4n) is 3.04. The maximum Gasteiger partial charge on any atom is 0.261 e. The van der Waals surface area contributed by atoms with Crippen molar-refractivity contribution in [2.75, 3.05) is 11.4 Å². The summed E-state index contributed by atoms with van der Waals surface area (Å²) in [7, 11) is 0. The van der Waals surface area contributed by atoms with E-state index in [1.807, 2.05) is 13.8 Å². The smallest absolute Gasteiger partial charge is 0.261 e. The second-order valence-electron chi connectivity index (χ2n) is 6.09. The zero-order chi connectivity index (χ0) is 16.8. The molecule has 2 aromatic carbocycles. The van der Waals surface area contributed by atoms with Crippen LogP contribution in [0, 0.1) is 17.5 Å². The largest absolute Gasteiger partial charge is 0.307 e. The average Bonchev–Trinajstić information content (AvgIpc) is 2.80. The van der Waals surface area contributed by atoms with E-state index in [4.69, 9.17) is 0 Å². The highest BCUT2D eigenvalue weighted by molar-refractivity contribution is 6.07. The molecule has 0 N–H and O–H groups in total. The Kier molecular flexibility index (Phi) is 3.66. The van der Waals surface area contributed by atoms with Crippen LogP contribution in [-0.4, -0.2) is 12.5 Å². The summed E-state index contributed by atoms with van der Waals surface area (Å²) in [6, 6.07) is 7.11. The lowest BCUT2D eigenvalue weighted by Crippen LogP contribution is -2.35. The van der Waals surface area contributed by atoms with E-state index in [0.29, 0.717) is 24.7 Å². The predicted octanol–water partition coefficient (Wildman–Crippen LogP) is 4.43. The lowest BCUT2D eigenvalue weighted by molar-refractivity contribution is 0.0981. The molecule has 0 spiro atoms. The molecular weight excluding hydrogens is 303 g/mol. The molecule has 1 atom stereocenters. The van der Waals surface area contributed by atoms with Crippen LogP contribution in [0.3, 0.4) is 0 Å². The molecule has 3 rings (SSSR count). The SMILES string of the molecule is CCC1(C)CN(C(=O)c2ccc(F)cc2F)c2ccc(F)cc21. The van der Waals surface area contributed by atoms with Gasteiger partial charge in [0.25, 0.3) is 5.91 Å². The maximum atomic E-state index is 13.9. The summed E-state index contributed by atoms with van der Waals surface area (Å²) in [4.78, 5) is 14.1. The monoisotopic (exact) mass is 319 g/mol. The van der Waals surface area contributed by atoms with E-state index < -0.39 is 23.0 Å². The topological polar surface area (TPSA) is 20.3 Å².